The second-order valence-corrected chi connectivity index (χ2v) is 8.25. The van der Waals surface area contributed by atoms with E-state index in [1.54, 1.807) is 17.1 Å². The van der Waals surface area contributed by atoms with Crippen LogP contribution in [-0.2, 0) is 11.8 Å². The molecule has 7 nitrogen and oxygen atoms in total. The molecule has 1 saturated heterocycles. The highest BCUT2D eigenvalue weighted by Gasteiger charge is 2.30. The molecule has 1 aliphatic rings. The molecule has 0 amide bonds. The zero-order valence-corrected chi connectivity index (χ0v) is 17.5. The van der Waals surface area contributed by atoms with Gasteiger partial charge >= 0.3 is 0 Å². The van der Waals surface area contributed by atoms with Gasteiger partial charge in [-0.3, -0.25) is 4.68 Å². The monoisotopic (exact) mass is 453 g/mol. The predicted octanol–water partition coefficient (Wildman–Crippen LogP) is 3.44. The van der Waals surface area contributed by atoms with Crippen molar-refractivity contribution in [2.45, 2.75) is 37.4 Å². The summed E-state index contributed by atoms with van der Waals surface area (Å²) in [7, 11) is 1.72. The Kier molecular flexibility index (Phi) is 6.28. The first-order chi connectivity index (χ1) is 14.8. The van der Waals surface area contributed by atoms with E-state index in [0.29, 0.717) is 24.2 Å². The maximum Gasteiger partial charge on any atom is 0.169 e. The molecule has 4 atom stereocenters. The first-order valence-corrected chi connectivity index (χ1v) is 10.6. The summed E-state index contributed by atoms with van der Waals surface area (Å²) in [4.78, 5) is 4.24. The Morgan fingerprint density at radius 1 is 1.35 bits per heavy atom. The number of nitrogens with two attached hydrogens (primary N) is 1. The molecule has 0 saturated carbocycles. The van der Waals surface area contributed by atoms with E-state index in [1.165, 1.54) is 6.20 Å². The van der Waals surface area contributed by atoms with Gasteiger partial charge in [-0.1, -0.05) is 0 Å². The van der Waals surface area contributed by atoms with E-state index in [4.69, 9.17) is 10.5 Å². The smallest absolute Gasteiger partial charge is 0.169 e. The summed E-state index contributed by atoms with van der Waals surface area (Å²) in [5, 5.41) is 19.6. The summed E-state index contributed by atoms with van der Waals surface area (Å²) >= 11 is 1.09. The van der Waals surface area contributed by atoms with Crippen molar-refractivity contribution >= 4 is 17.0 Å². The summed E-state index contributed by atoms with van der Waals surface area (Å²) in [5.74, 6) is -1.18. The van der Waals surface area contributed by atoms with Crippen LogP contribution in [0, 0.1) is 11.6 Å². The summed E-state index contributed by atoms with van der Waals surface area (Å²) in [6.45, 7) is -0.117. The van der Waals surface area contributed by atoms with Crippen LogP contribution in [0.4, 0.5) is 18.9 Å². The van der Waals surface area contributed by atoms with Crippen LogP contribution in [0.2, 0.25) is 0 Å². The number of aryl methyl sites for hydroxylation is 1. The van der Waals surface area contributed by atoms with Crippen LogP contribution in [0.3, 0.4) is 0 Å². The fourth-order valence-electron chi connectivity index (χ4n) is 3.51. The van der Waals surface area contributed by atoms with Gasteiger partial charge in [0, 0.05) is 24.0 Å². The van der Waals surface area contributed by atoms with Crippen LogP contribution in [0.1, 0.15) is 36.6 Å². The quantitative estimate of drug-likeness (QED) is 0.512. The van der Waals surface area contributed by atoms with Gasteiger partial charge in [-0.2, -0.15) is 5.10 Å². The van der Waals surface area contributed by atoms with Crippen molar-refractivity contribution in [3.8, 4) is 10.6 Å². The van der Waals surface area contributed by atoms with Crippen molar-refractivity contribution in [1.82, 2.24) is 14.8 Å². The molecule has 166 valence electrons. The molecule has 3 aromatic rings. The maximum atomic E-state index is 14.0. The topological polar surface area (TPSA) is 98.2 Å². The molecular formula is C20H22F3N5O2S. The minimum atomic E-state index is -1.24. The second-order valence-electron chi connectivity index (χ2n) is 7.39. The lowest BCUT2D eigenvalue weighted by molar-refractivity contribution is 0.0246. The number of aromatic nitrogens is 3. The number of nitrogens with zero attached hydrogens (tertiary/aromatic N) is 3. The van der Waals surface area contributed by atoms with E-state index >= 15 is 0 Å². The van der Waals surface area contributed by atoms with Crippen molar-refractivity contribution in [3.05, 3.63) is 52.8 Å². The van der Waals surface area contributed by atoms with Gasteiger partial charge in [0.05, 0.1) is 24.2 Å². The van der Waals surface area contributed by atoms with Crippen LogP contribution in [0.5, 0.6) is 0 Å². The van der Waals surface area contributed by atoms with E-state index in [2.05, 4.69) is 15.4 Å². The molecule has 1 aromatic carbocycles. The number of ether oxygens (including phenoxy) is 1. The Labute approximate surface area is 180 Å². The number of rotatable bonds is 5. The predicted molar refractivity (Wildman–Crippen MR) is 110 cm³/mol. The molecule has 0 aliphatic carbocycles. The van der Waals surface area contributed by atoms with Crippen LogP contribution < -0.4 is 11.1 Å². The molecule has 4 rings (SSSR count). The second kappa shape index (κ2) is 8.95. The molecule has 0 bridgehead atoms. The third-order valence-electron chi connectivity index (χ3n) is 5.23. The van der Waals surface area contributed by atoms with Crippen molar-refractivity contribution in [2.24, 2.45) is 12.8 Å². The molecule has 31 heavy (non-hydrogen) atoms. The Morgan fingerprint density at radius 2 is 2.16 bits per heavy atom. The molecule has 1 fully saturated rings. The average Bonchev–Trinajstić information content (AvgIpc) is 3.33. The number of aliphatic hydroxyl groups is 1. The van der Waals surface area contributed by atoms with Gasteiger partial charge in [0.1, 0.15) is 34.6 Å². The van der Waals surface area contributed by atoms with Crippen LogP contribution in [0.15, 0.2) is 29.8 Å². The number of hydrogen-bond acceptors (Lipinski definition) is 7. The van der Waals surface area contributed by atoms with Gasteiger partial charge in [0.2, 0.25) is 0 Å². The number of anilines is 1. The number of aliphatic hydroxyl groups excluding tert-OH is 1. The number of halogens is 3. The lowest BCUT2D eigenvalue weighted by Crippen LogP contribution is -2.32. The molecule has 3 heterocycles. The SMILES string of the molecule is Cn1ncc(NC(O)c2csc(-c3cc(F)ccc3F)n2)c1[C@@H]1CC[C@@H](N)[C@H](F)CO1. The van der Waals surface area contributed by atoms with Gasteiger partial charge in [-0.05, 0) is 31.0 Å². The fraction of sp³-hybridized carbons (Fsp3) is 0.400. The third kappa shape index (κ3) is 4.59. The van der Waals surface area contributed by atoms with Gasteiger partial charge in [0.15, 0.2) is 6.23 Å². The fourth-order valence-corrected chi connectivity index (χ4v) is 4.37. The van der Waals surface area contributed by atoms with Crippen LogP contribution in [0.25, 0.3) is 10.6 Å². The lowest BCUT2D eigenvalue weighted by atomic mass is 10.0. The first-order valence-electron chi connectivity index (χ1n) is 9.72. The summed E-state index contributed by atoms with van der Waals surface area (Å²) in [5.41, 5.74) is 7.21. The highest BCUT2D eigenvalue weighted by molar-refractivity contribution is 7.13. The zero-order chi connectivity index (χ0) is 22.1. The number of thiazole rings is 1. The number of nitrogens with one attached hydrogen (secondary N) is 1. The van der Waals surface area contributed by atoms with Crippen molar-refractivity contribution in [3.63, 3.8) is 0 Å². The Hall–Kier alpha value is -2.47. The van der Waals surface area contributed by atoms with Crippen molar-refractivity contribution < 1.29 is 23.0 Å². The molecule has 2 aromatic heterocycles. The van der Waals surface area contributed by atoms with Gasteiger partial charge in [-0.15, -0.1) is 11.3 Å². The number of alkyl halides is 1. The number of benzene rings is 1. The Bertz CT molecular complexity index is 1050. The summed E-state index contributed by atoms with van der Waals surface area (Å²) < 4.78 is 48.7. The summed E-state index contributed by atoms with van der Waals surface area (Å²) in [6.07, 6.45) is -0.428. The van der Waals surface area contributed by atoms with E-state index in [0.717, 1.165) is 29.5 Å². The van der Waals surface area contributed by atoms with Crippen LogP contribution >= 0.6 is 11.3 Å². The van der Waals surface area contributed by atoms with E-state index in [1.807, 2.05) is 0 Å². The number of hydrogen-bond donors (Lipinski definition) is 3. The lowest BCUT2D eigenvalue weighted by Gasteiger charge is -2.19. The molecule has 4 N–H and O–H groups in total. The average molecular weight is 453 g/mol. The van der Waals surface area contributed by atoms with Gasteiger partial charge in [-0.25, -0.2) is 18.2 Å². The molecule has 1 unspecified atom stereocenters. The first kappa shape index (κ1) is 21.8. The highest BCUT2D eigenvalue weighted by Crippen LogP contribution is 2.34. The largest absolute Gasteiger partial charge is 0.369 e. The zero-order valence-electron chi connectivity index (χ0n) is 16.6. The Morgan fingerprint density at radius 3 is 2.97 bits per heavy atom. The molecule has 1 aliphatic heterocycles. The molecule has 11 heteroatoms. The normalized spacial score (nSPS) is 22.8. The van der Waals surface area contributed by atoms with Gasteiger partial charge in [0.25, 0.3) is 0 Å². The van der Waals surface area contributed by atoms with Crippen molar-refractivity contribution in [1.29, 1.82) is 0 Å². The standard InChI is InChI=1S/C20H22F3N5O2S/c1-28-18(17-5-4-14(24)13(23)8-30-17)15(7-25-28)26-19(29)16-9-31-20(27-16)11-6-10(21)2-3-12(11)22/h2-3,6-7,9,13-14,17,19,26,29H,4-5,8,24H2,1H3/t13-,14-,17+,19?/m1/s1. The molecular weight excluding hydrogens is 431 g/mol. The Balaban J connectivity index is 1.53. The maximum absolute atomic E-state index is 14.0. The van der Waals surface area contributed by atoms with Gasteiger partial charge < -0.3 is 20.9 Å². The van der Waals surface area contributed by atoms with E-state index < -0.39 is 36.2 Å². The van der Waals surface area contributed by atoms with E-state index in [9.17, 15) is 18.3 Å². The highest BCUT2D eigenvalue weighted by atomic mass is 32.1. The van der Waals surface area contributed by atoms with E-state index in [-0.39, 0.29) is 22.9 Å². The summed E-state index contributed by atoms with van der Waals surface area (Å²) in [6, 6.07) is 2.53. The van der Waals surface area contributed by atoms with Crippen molar-refractivity contribution in [2.75, 3.05) is 11.9 Å². The minimum Gasteiger partial charge on any atom is -0.369 e. The third-order valence-corrected chi connectivity index (χ3v) is 6.12. The minimum absolute atomic E-state index is 0.0227. The van der Waals surface area contributed by atoms with Crippen LogP contribution in [-0.4, -0.2) is 38.7 Å². The molecule has 0 spiro atoms. The molecule has 0 radical (unpaired) electrons.